The summed E-state index contributed by atoms with van der Waals surface area (Å²) in [6, 6.07) is -1.78. The van der Waals surface area contributed by atoms with Gasteiger partial charge in [-0.25, -0.2) is 0 Å². The summed E-state index contributed by atoms with van der Waals surface area (Å²) in [6.45, 7) is 15.0. The fourth-order valence-electron chi connectivity index (χ4n) is 6.77. The van der Waals surface area contributed by atoms with Gasteiger partial charge in [0, 0.05) is 40.9 Å². The molecule has 1 unspecified atom stereocenters. The summed E-state index contributed by atoms with van der Waals surface area (Å²) in [4.78, 5) is 59.4. The molecule has 1 aliphatic heterocycles. The van der Waals surface area contributed by atoms with E-state index >= 15 is 0 Å². The van der Waals surface area contributed by atoms with E-state index in [2.05, 4.69) is 17.6 Å². The molecule has 262 valence electrons. The molecule has 0 spiro atoms. The van der Waals surface area contributed by atoms with Crippen LogP contribution in [-0.2, 0) is 28.7 Å². The highest BCUT2D eigenvalue weighted by Gasteiger charge is 2.43. The first-order chi connectivity index (χ1) is 21.1. The Morgan fingerprint density at radius 2 is 1.58 bits per heavy atom. The molecular formula is C33H64N6O6. The van der Waals surface area contributed by atoms with Crippen molar-refractivity contribution in [1.29, 1.82) is 0 Å². The van der Waals surface area contributed by atoms with Crippen molar-refractivity contribution in [3.8, 4) is 0 Å². The quantitative estimate of drug-likeness (QED) is 0.194. The van der Waals surface area contributed by atoms with Gasteiger partial charge >= 0.3 is 0 Å². The highest BCUT2D eigenvalue weighted by Crippen LogP contribution is 2.29. The maximum Gasteiger partial charge on any atom is 0.245 e. The topological polar surface area (TPSA) is 147 Å². The Morgan fingerprint density at radius 3 is 2.04 bits per heavy atom. The van der Waals surface area contributed by atoms with Crippen LogP contribution in [0, 0.1) is 23.7 Å². The van der Waals surface area contributed by atoms with Crippen LogP contribution in [0.3, 0.4) is 0 Å². The number of likely N-dealkylation sites (N-methyl/N-ethyl adjacent to an activating group) is 2. The molecule has 1 fully saturated rings. The zero-order chi connectivity index (χ0) is 34.6. The number of likely N-dealkylation sites (tertiary alicyclic amines) is 1. The molecule has 0 saturated carbocycles. The maximum absolute atomic E-state index is 14.1. The number of nitrogens with zero attached hydrogens (tertiary/aromatic N) is 3. The molecular weight excluding hydrogens is 576 g/mol. The van der Waals surface area contributed by atoms with Crippen molar-refractivity contribution in [2.75, 3.05) is 55.0 Å². The summed E-state index contributed by atoms with van der Waals surface area (Å²) in [7, 11) is 8.60. The van der Waals surface area contributed by atoms with Gasteiger partial charge in [-0.3, -0.25) is 24.1 Å². The van der Waals surface area contributed by atoms with Crippen LogP contribution in [0.15, 0.2) is 0 Å². The fourth-order valence-corrected chi connectivity index (χ4v) is 6.77. The number of ether oxygens (including phenoxy) is 2. The Kier molecular flexibility index (Phi) is 17.6. The van der Waals surface area contributed by atoms with Crippen molar-refractivity contribution in [3.63, 3.8) is 0 Å². The van der Waals surface area contributed by atoms with Crippen LogP contribution in [0.1, 0.15) is 74.1 Å². The lowest BCUT2D eigenvalue weighted by molar-refractivity contribution is -0.148. The highest BCUT2D eigenvalue weighted by atomic mass is 16.5. The summed E-state index contributed by atoms with van der Waals surface area (Å²) in [5.74, 6) is -1.21. The predicted molar refractivity (Wildman–Crippen MR) is 177 cm³/mol. The molecule has 0 aromatic rings. The fraction of sp³-hybridized carbons (Fsp3) is 0.879. The van der Waals surface area contributed by atoms with Crippen LogP contribution in [0.4, 0.5) is 0 Å². The molecule has 0 aliphatic carbocycles. The second-order valence-electron chi connectivity index (χ2n) is 13.6. The Bertz CT molecular complexity index is 939. The average molecular weight is 641 g/mol. The zero-order valence-corrected chi connectivity index (χ0v) is 30.1. The molecule has 1 rings (SSSR count). The van der Waals surface area contributed by atoms with Crippen LogP contribution in [-0.4, -0.2) is 130 Å². The van der Waals surface area contributed by atoms with Crippen LogP contribution >= 0.6 is 0 Å². The van der Waals surface area contributed by atoms with Crippen molar-refractivity contribution in [1.82, 2.24) is 25.3 Å². The van der Waals surface area contributed by atoms with E-state index < -0.39 is 30.2 Å². The van der Waals surface area contributed by atoms with E-state index in [1.807, 2.05) is 65.4 Å². The highest BCUT2D eigenvalue weighted by molar-refractivity contribution is 5.90. The number of carbonyl (C=O) groups is 4. The molecule has 0 radical (unpaired) electrons. The summed E-state index contributed by atoms with van der Waals surface area (Å²) in [5.41, 5.74) is 5.55. The second-order valence-corrected chi connectivity index (χ2v) is 13.6. The SMILES string of the molecule is CC[C@H](C)[C@@H]([C@H](CC(=O)N1CCC[C@H]1C(OC)[C@@H](C)C(=O)NCCN)OC)N(C)C(=O)[C@@H](NC(=O)[C@H](C(C)C)N(C)C)C(C)C. The van der Waals surface area contributed by atoms with Gasteiger partial charge in [0.15, 0.2) is 0 Å². The first-order valence-corrected chi connectivity index (χ1v) is 16.7. The van der Waals surface area contributed by atoms with E-state index in [1.54, 1.807) is 26.2 Å². The lowest BCUT2D eigenvalue weighted by atomic mass is 9.89. The molecule has 0 bridgehead atoms. The summed E-state index contributed by atoms with van der Waals surface area (Å²) in [5, 5.41) is 5.85. The monoisotopic (exact) mass is 640 g/mol. The number of nitrogens with two attached hydrogens (primary N) is 1. The average Bonchev–Trinajstić information content (AvgIpc) is 3.46. The van der Waals surface area contributed by atoms with Crippen LogP contribution in [0.25, 0.3) is 0 Å². The van der Waals surface area contributed by atoms with E-state index in [0.29, 0.717) is 19.6 Å². The van der Waals surface area contributed by atoms with E-state index in [-0.39, 0.29) is 59.9 Å². The molecule has 8 atom stereocenters. The van der Waals surface area contributed by atoms with Gasteiger partial charge in [-0.05, 0) is 44.7 Å². The Hall–Kier alpha value is -2.28. The number of hydrogen-bond acceptors (Lipinski definition) is 8. The lowest BCUT2D eigenvalue weighted by Crippen LogP contribution is -2.59. The minimum absolute atomic E-state index is 0.0118. The van der Waals surface area contributed by atoms with Gasteiger partial charge in [-0.1, -0.05) is 54.9 Å². The van der Waals surface area contributed by atoms with E-state index in [1.165, 1.54) is 0 Å². The number of hydrogen-bond donors (Lipinski definition) is 3. The normalized spacial score (nSPS) is 20.0. The third-order valence-electron chi connectivity index (χ3n) is 9.39. The Balaban J connectivity index is 3.25. The number of carbonyl (C=O) groups excluding carboxylic acids is 4. The van der Waals surface area contributed by atoms with Gasteiger partial charge in [-0.2, -0.15) is 0 Å². The Morgan fingerprint density at radius 1 is 0.956 bits per heavy atom. The van der Waals surface area contributed by atoms with Crippen molar-refractivity contribution in [2.24, 2.45) is 29.4 Å². The molecule has 1 aliphatic rings. The van der Waals surface area contributed by atoms with Crippen molar-refractivity contribution >= 4 is 23.6 Å². The second kappa shape index (κ2) is 19.4. The van der Waals surface area contributed by atoms with Gasteiger partial charge in [0.05, 0.1) is 42.7 Å². The van der Waals surface area contributed by atoms with Gasteiger partial charge in [-0.15, -0.1) is 0 Å². The van der Waals surface area contributed by atoms with E-state index in [4.69, 9.17) is 15.2 Å². The number of methoxy groups -OCH3 is 2. The van der Waals surface area contributed by atoms with Gasteiger partial charge < -0.3 is 35.6 Å². The van der Waals surface area contributed by atoms with Crippen molar-refractivity contribution in [2.45, 2.75) is 111 Å². The van der Waals surface area contributed by atoms with Crippen LogP contribution < -0.4 is 16.4 Å². The Labute approximate surface area is 272 Å². The van der Waals surface area contributed by atoms with E-state index in [0.717, 1.165) is 19.3 Å². The van der Waals surface area contributed by atoms with Gasteiger partial charge in [0.2, 0.25) is 23.6 Å². The summed E-state index contributed by atoms with van der Waals surface area (Å²) < 4.78 is 11.8. The lowest BCUT2D eigenvalue weighted by Gasteiger charge is -2.41. The van der Waals surface area contributed by atoms with Gasteiger partial charge in [0.1, 0.15) is 6.04 Å². The minimum Gasteiger partial charge on any atom is -0.379 e. The summed E-state index contributed by atoms with van der Waals surface area (Å²) in [6.07, 6.45) is 1.30. The maximum atomic E-state index is 14.1. The van der Waals surface area contributed by atoms with Crippen LogP contribution in [0.5, 0.6) is 0 Å². The summed E-state index contributed by atoms with van der Waals surface area (Å²) >= 11 is 0. The smallest absolute Gasteiger partial charge is 0.245 e. The molecule has 45 heavy (non-hydrogen) atoms. The zero-order valence-electron chi connectivity index (χ0n) is 30.1. The van der Waals surface area contributed by atoms with Crippen LogP contribution in [0.2, 0.25) is 0 Å². The van der Waals surface area contributed by atoms with Crippen molar-refractivity contribution in [3.05, 3.63) is 0 Å². The largest absolute Gasteiger partial charge is 0.379 e. The molecule has 0 aromatic carbocycles. The molecule has 1 heterocycles. The van der Waals surface area contributed by atoms with Gasteiger partial charge in [0.25, 0.3) is 0 Å². The standard InChI is InChI=1S/C33H64N6O6/c1-13-22(6)29(38(10)33(43)27(20(2)3)36-32(42)28(21(4)5)37(8)9)25(44-11)19-26(40)39-18-14-15-24(39)30(45-12)23(7)31(41)35-17-16-34/h20-25,27-30H,13-19,34H2,1-12H3,(H,35,41)(H,36,42)/t22-,23+,24-,25-,27-,28-,29-,30?/m0/s1. The van der Waals surface area contributed by atoms with E-state index in [9.17, 15) is 19.2 Å². The number of nitrogens with one attached hydrogen (secondary N) is 2. The molecule has 4 N–H and O–H groups in total. The number of amides is 4. The first kappa shape index (κ1) is 40.7. The predicted octanol–water partition coefficient (Wildman–Crippen LogP) is 1.71. The molecule has 4 amide bonds. The third-order valence-corrected chi connectivity index (χ3v) is 9.39. The molecule has 12 nitrogen and oxygen atoms in total. The molecule has 0 aromatic heterocycles. The molecule has 12 heteroatoms. The molecule has 1 saturated heterocycles. The third kappa shape index (κ3) is 10.9. The van der Waals surface area contributed by atoms with Crippen molar-refractivity contribution < 1.29 is 28.7 Å². The first-order valence-electron chi connectivity index (χ1n) is 16.7. The number of rotatable bonds is 19. The minimum atomic E-state index is -0.735.